The fourth-order valence-corrected chi connectivity index (χ4v) is 2.28. The lowest BCUT2D eigenvalue weighted by Gasteiger charge is -2.09. The Morgan fingerprint density at radius 1 is 1.22 bits per heavy atom. The summed E-state index contributed by atoms with van der Waals surface area (Å²) in [5, 5.41) is 13.6. The quantitative estimate of drug-likeness (QED) is 0.711. The number of nitrogens with zero attached hydrogens (tertiary/aromatic N) is 2. The molecule has 3 rings (SSSR count). The van der Waals surface area contributed by atoms with Crippen molar-refractivity contribution in [1.82, 2.24) is 14.6 Å². The standard InChI is InChI=1S/C14H9F4N3O2/c15-10-4-2-1-3-7(10)9-6-19-21-11(9)20-12(22)8(13(21)23)5-14(16,17)18/h1-4,6,23H,5H2,(H,20,22). The summed E-state index contributed by atoms with van der Waals surface area (Å²) >= 11 is 0. The molecule has 0 aliphatic heterocycles. The first-order valence-electron chi connectivity index (χ1n) is 6.41. The van der Waals surface area contributed by atoms with Crippen molar-refractivity contribution in [2.45, 2.75) is 12.6 Å². The largest absolute Gasteiger partial charge is 0.493 e. The van der Waals surface area contributed by atoms with Crippen LogP contribution in [-0.2, 0) is 6.42 Å². The molecule has 23 heavy (non-hydrogen) atoms. The highest BCUT2D eigenvalue weighted by atomic mass is 19.4. The van der Waals surface area contributed by atoms with E-state index < -0.39 is 35.4 Å². The molecule has 0 aliphatic rings. The summed E-state index contributed by atoms with van der Waals surface area (Å²) in [5.74, 6) is -1.52. The van der Waals surface area contributed by atoms with Crippen LogP contribution in [0.15, 0.2) is 35.3 Å². The van der Waals surface area contributed by atoms with Crippen molar-refractivity contribution in [3.8, 4) is 17.0 Å². The Balaban J connectivity index is 2.24. The van der Waals surface area contributed by atoms with Crippen LogP contribution >= 0.6 is 0 Å². The topological polar surface area (TPSA) is 70.4 Å². The van der Waals surface area contributed by atoms with Gasteiger partial charge in [-0.15, -0.1) is 0 Å². The van der Waals surface area contributed by atoms with E-state index in [0.717, 1.165) is 10.7 Å². The molecule has 0 unspecified atom stereocenters. The normalized spacial score (nSPS) is 12.0. The third kappa shape index (κ3) is 2.65. The molecule has 0 saturated heterocycles. The van der Waals surface area contributed by atoms with Gasteiger partial charge in [-0.3, -0.25) is 4.79 Å². The molecule has 0 amide bonds. The van der Waals surface area contributed by atoms with Crippen molar-refractivity contribution < 1.29 is 22.7 Å². The van der Waals surface area contributed by atoms with Crippen molar-refractivity contribution in [1.29, 1.82) is 0 Å². The molecule has 0 atom stereocenters. The predicted molar refractivity (Wildman–Crippen MR) is 72.6 cm³/mol. The number of aromatic nitrogens is 3. The van der Waals surface area contributed by atoms with Gasteiger partial charge < -0.3 is 10.1 Å². The summed E-state index contributed by atoms with van der Waals surface area (Å²) in [6.07, 6.45) is -5.11. The summed E-state index contributed by atoms with van der Waals surface area (Å²) in [7, 11) is 0. The average molecular weight is 327 g/mol. The van der Waals surface area contributed by atoms with Gasteiger partial charge in [-0.1, -0.05) is 18.2 Å². The van der Waals surface area contributed by atoms with Crippen LogP contribution in [0.3, 0.4) is 0 Å². The van der Waals surface area contributed by atoms with Gasteiger partial charge in [0.15, 0.2) is 0 Å². The van der Waals surface area contributed by atoms with Crippen LogP contribution in [0.2, 0.25) is 0 Å². The molecule has 0 bridgehead atoms. The molecule has 2 aromatic heterocycles. The Hall–Kier alpha value is -2.84. The second-order valence-electron chi connectivity index (χ2n) is 4.85. The SMILES string of the molecule is O=c1[nH]c2c(-c3ccccc3F)cnn2c(O)c1CC(F)(F)F. The lowest BCUT2D eigenvalue weighted by atomic mass is 10.1. The Morgan fingerprint density at radius 2 is 1.91 bits per heavy atom. The molecule has 0 radical (unpaired) electrons. The molecule has 0 spiro atoms. The Bertz CT molecular complexity index is 943. The molecule has 0 saturated carbocycles. The van der Waals surface area contributed by atoms with Gasteiger partial charge in [-0.25, -0.2) is 4.39 Å². The number of fused-ring (bicyclic) bond motifs is 1. The molecule has 120 valence electrons. The van der Waals surface area contributed by atoms with E-state index in [1.54, 1.807) is 6.07 Å². The van der Waals surface area contributed by atoms with E-state index in [1.165, 1.54) is 18.2 Å². The smallest absolute Gasteiger partial charge is 0.393 e. The van der Waals surface area contributed by atoms with Crippen molar-refractivity contribution >= 4 is 5.65 Å². The van der Waals surface area contributed by atoms with Crippen LogP contribution in [0.1, 0.15) is 5.56 Å². The molecule has 5 nitrogen and oxygen atoms in total. The molecule has 0 fully saturated rings. The third-order valence-electron chi connectivity index (χ3n) is 3.29. The summed E-state index contributed by atoms with van der Waals surface area (Å²) in [6.45, 7) is 0. The van der Waals surface area contributed by atoms with Gasteiger partial charge in [0.1, 0.15) is 11.5 Å². The number of halogens is 4. The van der Waals surface area contributed by atoms with E-state index in [9.17, 15) is 27.5 Å². The third-order valence-corrected chi connectivity index (χ3v) is 3.29. The zero-order valence-corrected chi connectivity index (χ0v) is 11.4. The van der Waals surface area contributed by atoms with E-state index in [1.807, 2.05) is 0 Å². The van der Waals surface area contributed by atoms with Crippen LogP contribution in [-0.4, -0.2) is 25.9 Å². The van der Waals surface area contributed by atoms with E-state index in [2.05, 4.69) is 10.1 Å². The van der Waals surface area contributed by atoms with Gasteiger partial charge in [-0.05, 0) is 6.07 Å². The number of nitrogens with one attached hydrogen (secondary N) is 1. The monoisotopic (exact) mass is 327 g/mol. The highest BCUT2D eigenvalue weighted by Gasteiger charge is 2.32. The van der Waals surface area contributed by atoms with Crippen molar-refractivity contribution in [3.05, 3.63) is 52.2 Å². The van der Waals surface area contributed by atoms with Gasteiger partial charge in [-0.2, -0.15) is 22.8 Å². The molecule has 2 heterocycles. The Labute approximate surface area is 125 Å². The summed E-state index contributed by atoms with van der Waals surface area (Å²) < 4.78 is 52.0. The second kappa shape index (κ2) is 5.11. The number of H-pyrrole nitrogens is 1. The number of alkyl halides is 3. The van der Waals surface area contributed by atoms with Crippen LogP contribution in [0, 0.1) is 5.82 Å². The maximum absolute atomic E-state index is 13.8. The summed E-state index contributed by atoms with van der Waals surface area (Å²) in [4.78, 5) is 14.1. The Kier molecular flexibility index (Phi) is 3.35. The zero-order valence-electron chi connectivity index (χ0n) is 11.4. The van der Waals surface area contributed by atoms with Crippen LogP contribution in [0.5, 0.6) is 5.88 Å². The lowest BCUT2D eigenvalue weighted by molar-refractivity contribution is -0.127. The molecule has 1 aromatic carbocycles. The van der Waals surface area contributed by atoms with Crippen LogP contribution in [0.4, 0.5) is 17.6 Å². The highest BCUT2D eigenvalue weighted by Crippen LogP contribution is 2.29. The van der Waals surface area contributed by atoms with Crippen LogP contribution in [0.25, 0.3) is 16.8 Å². The molecular formula is C14H9F4N3O2. The Morgan fingerprint density at radius 3 is 2.57 bits per heavy atom. The minimum absolute atomic E-state index is 0.0940. The summed E-state index contributed by atoms with van der Waals surface area (Å²) in [6, 6.07) is 5.63. The van der Waals surface area contributed by atoms with Gasteiger partial charge in [0, 0.05) is 11.1 Å². The maximum Gasteiger partial charge on any atom is 0.393 e. The molecule has 2 N–H and O–H groups in total. The number of aromatic hydroxyl groups is 1. The molecule has 0 aliphatic carbocycles. The first-order valence-corrected chi connectivity index (χ1v) is 6.41. The number of benzene rings is 1. The van der Waals surface area contributed by atoms with Gasteiger partial charge in [0.05, 0.1) is 18.2 Å². The fourth-order valence-electron chi connectivity index (χ4n) is 2.28. The van der Waals surface area contributed by atoms with Crippen molar-refractivity contribution in [3.63, 3.8) is 0 Å². The molecular weight excluding hydrogens is 318 g/mol. The lowest BCUT2D eigenvalue weighted by Crippen LogP contribution is -2.22. The van der Waals surface area contributed by atoms with Crippen LogP contribution < -0.4 is 5.56 Å². The maximum atomic E-state index is 13.8. The molecule has 9 heteroatoms. The number of rotatable bonds is 2. The first-order chi connectivity index (χ1) is 10.8. The first kappa shape index (κ1) is 15.1. The number of hydrogen-bond donors (Lipinski definition) is 2. The predicted octanol–water partition coefficient (Wildman–Crippen LogP) is 2.64. The van der Waals surface area contributed by atoms with E-state index in [4.69, 9.17) is 0 Å². The highest BCUT2D eigenvalue weighted by molar-refractivity contribution is 5.77. The van der Waals surface area contributed by atoms with Gasteiger partial charge in [0.2, 0.25) is 5.88 Å². The van der Waals surface area contributed by atoms with Gasteiger partial charge in [0.25, 0.3) is 5.56 Å². The zero-order chi connectivity index (χ0) is 16.8. The fraction of sp³-hybridized carbons (Fsp3) is 0.143. The van der Waals surface area contributed by atoms with E-state index in [0.29, 0.717) is 0 Å². The van der Waals surface area contributed by atoms with Gasteiger partial charge >= 0.3 is 6.18 Å². The average Bonchev–Trinajstić information content (AvgIpc) is 2.86. The molecule has 3 aromatic rings. The number of aromatic amines is 1. The minimum Gasteiger partial charge on any atom is -0.493 e. The van der Waals surface area contributed by atoms with E-state index in [-0.39, 0.29) is 16.8 Å². The van der Waals surface area contributed by atoms with Crippen molar-refractivity contribution in [2.75, 3.05) is 0 Å². The number of hydrogen-bond acceptors (Lipinski definition) is 3. The van der Waals surface area contributed by atoms with Crippen molar-refractivity contribution in [2.24, 2.45) is 0 Å². The second-order valence-corrected chi connectivity index (χ2v) is 4.85. The summed E-state index contributed by atoms with van der Waals surface area (Å²) in [5.41, 5.74) is -1.81. The minimum atomic E-state index is -4.67. The van der Waals surface area contributed by atoms with E-state index >= 15 is 0 Å².